The Morgan fingerprint density at radius 1 is 1.14 bits per heavy atom. The highest BCUT2D eigenvalue weighted by atomic mass is 35.5. The van der Waals surface area contributed by atoms with Gasteiger partial charge in [-0.2, -0.15) is 0 Å². The number of thiophene rings is 1. The molecule has 1 aromatic heterocycles. The standard InChI is InChI=1S/C16H20Cl2N2S/c1-16(11-19,9-12-3-5-13(17)6-4-12)20(2)10-14-7-8-15(18)21-14/h3-8H,9-11,19H2,1-2H3. The van der Waals surface area contributed by atoms with Gasteiger partial charge in [-0.1, -0.05) is 35.3 Å². The summed E-state index contributed by atoms with van der Waals surface area (Å²) in [5, 5.41) is 0.759. The number of likely N-dealkylation sites (N-methyl/N-ethyl adjacent to an activating group) is 1. The van der Waals surface area contributed by atoms with Crippen LogP contribution in [-0.2, 0) is 13.0 Å². The number of nitrogens with zero attached hydrogens (tertiary/aromatic N) is 1. The van der Waals surface area contributed by atoms with E-state index in [0.29, 0.717) is 6.54 Å². The van der Waals surface area contributed by atoms with Crippen molar-refractivity contribution < 1.29 is 0 Å². The average molecular weight is 343 g/mol. The molecule has 2 rings (SSSR count). The van der Waals surface area contributed by atoms with Crippen molar-refractivity contribution in [3.05, 3.63) is 56.2 Å². The van der Waals surface area contributed by atoms with Gasteiger partial charge < -0.3 is 5.73 Å². The first-order valence-electron chi connectivity index (χ1n) is 6.83. The molecule has 21 heavy (non-hydrogen) atoms. The molecule has 2 N–H and O–H groups in total. The first kappa shape index (κ1) is 16.8. The maximum atomic E-state index is 6.05. The molecule has 0 spiro atoms. The quantitative estimate of drug-likeness (QED) is 0.840. The van der Waals surface area contributed by atoms with E-state index < -0.39 is 0 Å². The lowest BCUT2D eigenvalue weighted by atomic mass is 9.91. The van der Waals surface area contributed by atoms with Crippen LogP contribution in [-0.4, -0.2) is 24.0 Å². The normalized spacial score (nSPS) is 14.4. The number of halogens is 2. The second-order valence-corrected chi connectivity index (χ2v) is 7.80. The van der Waals surface area contributed by atoms with Crippen LogP contribution in [0.5, 0.6) is 0 Å². The fourth-order valence-electron chi connectivity index (χ4n) is 2.27. The maximum Gasteiger partial charge on any atom is 0.0931 e. The minimum atomic E-state index is -0.107. The zero-order valence-electron chi connectivity index (χ0n) is 12.3. The van der Waals surface area contributed by atoms with Crippen molar-refractivity contribution in [2.45, 2.75) is 25.4 Å². The largest absolute Gasteiger partial charge is 0.329 e. The minimum Gasteiger partial charge on any atom is -0.329 e. The van der Waals surface area contributed by atoms with Gasteiger partial charge in [0, 0.05) is 28.5 Å². The van der Waals surface area contributed by atoms with E-state index >= 15 is 0 Å². The Bertz CT molecular complexity index is 582. The molecule has 1 heterocycles. The molecule has 1 aromatic carbocycles. The van der Waals surface area contributed by atoms with Gasteiger partial charge in [-0.15, -0.1) is 11.3 Å². The summed E-state index contributed by atoms with van der Waals surface area (Å²) < 4.78 is 0.825. The predicted molar refractivity (Wildman–Crippen MR) is 93.4 cm³/mol. The van der Waals surface area contributed by atoms with Gasteiger partial charge in [0.05, 0.1) is 4.34 Å². The Balaban J connectivity index is 2.09. The second kappa shape index (κ2) is 7.12. The van der Waals surface area contributed by atoms with Crippen molar-refractivity contribution in [3.63, 3.8) is 0 Å². The molecule has 1 atom stereocenters. The highest BCUT2D eigenvalue weighted by Gasteiger charge is 2.28. The average Bonchev–Trinajstić information content (AvgIpc) is 2.86. The Kier molecular flexibility index (Phi) is 5.69. The van der Waals surface area contributed by atoms with Gasteiger partial charge in [0.15, 0.2) is 0 Å². The molecule has 0 amide bonds. The van der Waals surface area contributed by atoms with Crippen LogP contribution < -0.4 is 5.73 Å². The van der Waals surface area contributed by atoms with Crippen molar-refractivity contribution in [3.8, 4) is 0 Å². The molecule has 114 valence electrons. The zero-order valence-corrected chi connectivity index (χ0v) is 14.6. The van der Waals surface area contributed by atoms with Crippen molar-refractivity contribution in [1.82, 2.24) is 4.90 Å². The lowest BCUT2D eigenvalue weighted by Crippen LogP contribution is -2.50. The summed E-state index contributed by atoms with van der Waals surface area (Å²) in [7, 11) is 2.11. The van der Waals surface area contributed by atoms with Gasteiger partial charge in [0.2, 0.25) is 0 Å². The van der Waals surface area contributed by atoms with E-state index in [2.05, 4.69) is 37.1 Å². The van der Waals surface area contributed by atoms with E-state index in [4.69, 9.17) is 28.9 Å². The van der Waals surface area contributed by atoms with Crippen molar-refractivity contribution in [2.75, 3.05) is 13.6 Å². The third kappa shape index (κ3) is 4.44. The van der Waals surface area contributed by atoms with Crippen LogP contribution >= 0.6 is 34.5 Å². The lowest BCUT2D eigenvalue weighted by molar-refractivity contribution is 0.137. The first-order valence-corrected chi connectivity index (χ1v) is 8.40. The summed E-state index contributed by atoms with van der Waals surface area (Å²) in [6.07, 6.45) is 0.885. The zero-order chi connectivity index (χ0) is 15.5. The number of rotatable bonds is 6. The Morgan fingerprint density at radius 2 is 1.81 bits per heavy atom. The van der Waals surface area contributed by atoms with E-state index in [1.165, 1.54) is 10.4 Å². The second-order valence-electron chi connectivity index (χ2n) is 5.57. The van der Waals surface area contributed by atoms with E-state index in [1.54, 1.807) is 11.3 Å². The van der Waals surface area contributed by atoms with Crippen LogP contribution in [0.25, 0.3) is 0 Å². The first-order chi connectivity index (χ1) is 9.93. The van der Waals surface area contributed by atoms with Crippen molar-refractivity contribution >= 4 is 34.5 Å². The number of hydrogen-bond acceptors (Lipinski definition) is 3. The molecule has 0 saturated heterocycles. The summed E-state index contributed by atoms with van der Waals surface area (Å²) in [6.45, 7) is 3.63. The van der Waals surface area contributed by atoms with Crippen LogP contribution in [0.4, 0.5) is 0 Å². The van der Waals surface area contributed by atoms with Crippen molar-refractivity contribution in [1.29, 1.82) is 0 Å². The van der Waals surface area contributed by atoms with Crippen molar-refractivity contribution in [2.24, 2.45) is 5.73 Å². The van der Waals surface area contributed by atoms with Gasteiger partial charge in [-0.3, -0.25) is 4.90 Å². The fourth-order valence-corrected chi connectivity index (χ4v) is 3.53. The smallest absolute Gasteiger partial charge is 0.0931 e. The molecule has 0 aliphatic rings. The third-order valence-corrected chi connectivity index (χ3v) is 5.35. The lowest BCUT2D eigenvalue weighted by Gasteiger charge is -2.38. The Labute approximate surface area is 140 Å². The minimum absolute atomic E-state index is 0.107. The molecule has 0 fully saturated rings. The van der Waals surface area contributed by atoms with Gasteiger partial charge in [-0.05, 0) is 50.2 Å². The monoisotopic (exact) mass is 342 g/mol. The van der Waals surface area contributed by atoms with Crippen LogP contribution in [0, 0.1) is 0 Å². The Hall–Kier alpha value is -0.580. The predicted octanol–water partition coefficient (Wildman–Crippen LogP) is 4.45. The molecule has 0 aliphatic carbocycles. The molecule has 0 saturated carbocycles. The van der Waals surface area contributed by atoms with Gasteiger partial charge in [0.25, 0.3) is 0 Å². The molecule has 0 radical (unpaired) electrons. The molecule has 1 unspecified atom stereocenters. The number of benzene rings is 1. The molecular formula is C16H20Cl2N2S. The molecule has 2 nitrogen and oxygen atoms in total. The number of hydrogen-bond donors (Lipinski definition) is 1. The SMILES string of the molecule is CN(Cc1ccc(Cl)s1)C(C)(CN)Cc1ccc(Cl)cc1. The van der Waals surface area contributed by atoms with E-state index in [-0.39, 0.29) is 5.54 Å². The number of nitrogens with two attached hydrogens (primary N) is 1. The third-order valence-electron chi connectivity index (χ3n) is 3.88. The van der Waals surface area contributed by atoms with Gasteiger partial charge >= 0.3 is 0 Å². The van der Waals surface area contributed by atoms with Crippen LogP contribution in [0.1, 0.15) is 17.4 Å². The maximum absolute atomic E-state index is 6.05. The topological polar surface area (TPSA) is 29.3 Å². The molecule has 0 aliphatic heterocycles. The fraction of sp³-hybridized carbons (Fsp3) is 0.375. The van der Waals surface area contributed by atoms with Gasteiger partial charge in [-0.25, -0.2) is 0 Å². The molecule has 0 bridgehead atoms. The molecule has 2 aromatic rings. The van der Waals surface area contributed by atoms with Crippen LogP contribution in [0.15, 0.2) is 36.4 Å². The summed E-state index contributed by atoms with van der Waals surface area (Å²) in [4.78, 5) is 3.54. The van der Waals surface area contributed by atoms with Crippen LogP contribution in [0.2, 0.25) is 9.36 Å². The van der Waals surface area contributed by atoms with E-state index in [1.807, 2.05) is 18.2 Å². The highest BCUT2D eigenvalue weighted by Crippen LogP contribution is 2.26. The summed E-state index contributed by atoms with van der Waals surface area (Å²) in [5.74, 6) is 0. The van der Waals surface area contributed by atoms with Gasteiger partial charge in [0.1, 0.15) is 0 Å². The van der Waals surface area contributed by atoms with E-state index in [0.717, 1.165) is 22.3 Å². The summed E-state index contributed by atoms with van der Waals surface area (Å²) in [5.41, 5.74) is 7.19. The van der Waals surface area contributed by atoms with Crippen LogP contribution in [0.3, 0.4) is 0 Å². The molecular weight excluding hydrogens is 323 g/mol. The summed E-state index contributed by atoms with van der Waals surface area (Å²) in [6, 6.07) is 12.0. The van der Waals surface area contributed by atoms with E-state index in [9.17, 15) is 0 Å². The molecule has 5 heteroatoms. The summed E-state index contributed by atoms with van der Waals surface area (Å²) >= 11 is 13.6. The highest BCUT2D eigenvalue weighted by molar-refractivity contribution is 7.16. The Morgan fingerprint density at radius 3 is 2.33 bits per heavy atom.